The van der Waals surface area contributed by atoms with Crippen LogP contribution in [0.1, 0.15) is 0 Å². The molecule has 1 N–H and O–H groups in total. The quantitative estimate of drug-likeness (QED) is 0.443. The van der Waals surface area contributed by atoms with Gasteiger partial charge in [-0.2, -0.15) is 0 Å². The zero-order valence-corrected chi connectivity index (χ0v) is 4.90. The fourth-order valence-electron chi connectivity index (χ4n) is 0.469. The summed E-state index contributed by atoms with van der Waals surface area (Å²) in [6.07, 6.45) is 0. The Bertz CT molecular complexity index is 100. The molecule has 1 fully saturated rings. The second kappa shape index (κ2) is 2.28. The zero-order valence-electron chi connectivity index (χ0n) is 4.09. The van der Waals surface area contributed by atoms with Crippen LogP contribution >= 0.6 is 11.8 Å². The van der Waals surface area contributed by atoms with Crippen LogP contribution in [0.25, 0.3) is 0 Å². The summed E-state index contributed by atoms with van der Waals surface area (Å²) in [5.74, 6) is 1.25. The average molecular weight is 131 g/mol. The minimum absolute atomic E-state index is 0.542. The molecule has 0 aromatic rings. The van der Waals surface area contributed by atoms with E-state index in [4.69, 9.17) is 0 Å². The zero-order chi connectivity index (χ0) is 5.98. The first-order valence-corrected chi connectivity index (χ1v) is 3.25. The van der Waals surface area contributed by atoms with Crippen molar-refractivity contribution in [3.05, 3.63) is 5.75 Å². The van der Waals surface area contributed by atoms with E-state index in [-0.39, 0.29) is 0 Å². The van der Waals surface area contributed by atoms with Crippen molar-refractivity contribution in [3.8, 4) is 0 Å². The van der Waals surface area contributed by atoms with Crippen LogP contribution in [0, 0.1) is 5.75 Å². The molecule has 0 aromatic heterocycles. The monoisotopic (exact) mass is 131 g/mol. The van der Waals surface area contributed by atoms with Crippen molar-refractivity contribution in [3.63, 3.8) is 0 Å². The van der Waals surface area contributed by atoms with Gasteiger partial charge in [0.15, 0.2) is 5.75 Å². The van der Waals surface area contributed by atoms with E-state index in [9.17, 15) is 9.90 Å². The molecule has 1 unspecified atom stereocenters. The summed E-state index contributed by atoms with van der Waals surface area (Å²) in [7, 11) is 0. The Labute approximate surface area is 51.5 Å². The summed E-state index contributed by atoms with van der Waals surface area (Å²) in [4.78, 5) is 9.98. The van der Waals surface area contributed by atoms with Crippen molar-refractivity contribution in [1.82, 2.24) is 5.32 Å². The fraction of sp³-hybridized carbons (Fsp3) is 0.500. The van der Waals surface area contributed by atoms with Gasteiger partial charge >= 0.3 is 0 Å². The summed E-state index contributed by atoms with van der Waals surface area (Å²) < 4.78 is 0. The highest BCUT2D eigenvalue weighted by molar-refractivity contribution is 8.01. The van der Waals surface area contributed by atoms with E-state index in [0.29, 0.717) is 5.88 Å². The van der Waals surface area contributed by atoms with Crippen LogP contribution in [0.15, 0.2) is 0 Å². The molecule has 1 atom stereocenters. The van der Waals surface area contributed by atoms with Gasteiger partial charge in [-0.1, -0.05) is 0 Å². The van der Waals surface area contributed by atoms with Gasteiger partial charge in [-0.05, 0) is 0 Å². The van der Waals surface area contributed by atoms with Gasteiger partial charge in [0, 0.05) is 0 Å². The van der Waals surface area contributed by atoms with Gasteiger partial charge in [-0.15, -0.1) is 0 Å². The van der Waals surface area contributed by atoms with Gasteiger partial charge in [-0.25, -0.2) is 0 Å². The second-order valence-electron chi connectivity index (χ2n) is 1.45. The molecule has 1 heterocycles. The third-order valence-corrected chi connectivity index (χ3v) is 1.67. The summed E-state index contributed by atoms with van der Waals surface area (Å²) in [6.45, 7) is 0. The largest absolute Gasteiger partial charge is 0.544 e. The molecule has 4 heteroatoms. The van der Waals surface area contributed by atoms with Crippen molar-refractivity contribution in [1.29, 1.82) is 0 Å². The summed E-state index contributed by atoms with van der Waals surface area (Å²) in [6, 6.07) is -0.542. The number of carbonyl (C=O) groups is 1. The van der Waals surface area contributed by atoms with E-state index in [1.807, 2.05) is 0 Å². The predicted octanol–water partition coefficient (Wildman–Crippen LogP) is -1.44. The maximum Gasteiger partial charge on any atom is 0.202 e. The maximum atomic E-state index is 9.98. The smallest absolute Gasteiger partial charge is 0.202 e. The Morgan fingerprint density at radius 2 is 2.75 bits per heavy atom. The first-order valence-electron chi connectivity index (χ1n) is 2.20. The van der Waals surface area contributed by atoms with Crippen LogP contribution in [-0.2, 0) is 4.79 Å². The Morgan fingerprint density at radius 3 is 3.00 bits per heavy atom. The molecule has 8 heavy (non-hydrogen) atoms. The molecule has 1 rings (SSSR count). The molecule has 1 aliphatic heterocycles. The minimum Gasteiger partial charge on any atom is -0.544 e. The highest BCUT2D eigenvalue weighted by atomic mass is 32.2. The van der Waals surface area contributed by atoms with E-state index >= 15 is 0 Å². The Balaban J connectivity index is 2.35. The van der Waals surface area contributed by atoms with E-state index in [0.717, 1.165) is 0 Å². The highest BCUT2D eigenvalue weighted by Gasteiger charge is 2.25. The van der Waals surface area contributed by atoms with Crippen LogP contribution in [0.5, 0.6) is 0 Å². The number of carbonyl (C=O) groups excluding carboxylic acids is 1. The van der Waals surface area contributed by atoms with Crippen LogP contribution < -0.4 is 10.4 Å². The highest BCUT2D eigenvalue weighted by Crippen LogP contribution is 2.13. The summed E-state index contributed by atoms with van der Waals surface area (Å²) in [5.41, 5.74) is 0. The van der Waals surface area contributed by atoms with Gasteiger partial charge in [0.1, 0.15) is 5.97 Å². The standard InChI is InChI=1S/C4H5NO2S/c6-4(7)3-1-8-2-5-3/h1,3,5H,2H2. The topological polar surface area (TPSA) is 52.2 Å². The van der Waals surface area contributed by atoms with E-state index < -0.39 is 12.0 Å². The molecule has 0 saturated carbocycles. The van der Waals surface area contributed by atoms with Crippen LogP contribution in [0.4, 0.5) is 0 Å². The van der Waals surface area contributed by atoms with E-state index in [2.05, 4.69) is 5.32 Å². The SMILES string of the molecule is O=C([O-])C1[CH+]SCN1. The van der Waals surface area contributed by atoms with Crippen molar-refractivity contribution in [2.24, 2.45) is 0 Å². The lowest BCUT2D eigenvalue weighted by atomic mass is 10.4. The number of nitrogens with one attached hydrogen (secondary N) is 1. The normalized spacial score (nSPS) is 27.2. The molecule has 3 nitrogen and oxygen atoms in total. The van der Waals surface area contributed by atoms with Crippen LogP contribution in [-0.4, -0.2) is 17.9 Å². The number of hydrogen-bond donors (Lipinski definition) is 1. The predicted molar refractivity (Wildman–Crippen MR) is 28.7 cm³/mol. The third kappa shape index (κ3) is 1.08. The average Bonchev–Trinajstić information content (AvgIpc) is 2.12. The number of thioether (sulfide) groups is 1. The number of carboxylic acid groups (broad SMARTS) is 1. The van der Waals surface area contributed by atoms with Crippen LogP contribution in [0.3, 0.4) is 0 Å². The van der Waals surface area contributed by atoms with E-state index in [1.54, 1.807) is 5.75 Å². The fourth-order valence-corrected chi connectivity index (χ4v) is 1.24. The molecule has 0 bridgehead atoms. The second-order valence-corrected chi connectivity index (χ2v) is 2.34. The molecule has 0 spiro atoms. The molecule has 1 aliphatic rings. The first-order chi connectivity index (χ1) is 3.80. The number of aliphatic carboxylic acids is 1. The molecule has 0 amide bonds. The van der Waals surface area contributed by atoms with Crippen molar-refractivity contribution >= 4 is 17.7 Å². The van der Waals surface area contributed by atoms with Gasteiger partial charge in [-0.3, -0.25) is 5.32 Å². The Hall–Kier alpha value is -0.350. The molecule has 0 radical (unpaired) electrons. The molecule has 44 valence electrons. The lowest BCUT2D eigenvalue weighted by Crippen LogP contribution is -2.41. The van der Waals surface area contributed by atoms with Crippen molar-refractivity contribution in [2.45, 2.75) is 6.04 Å². The van der Waals surface area contributed by atoms with Crippen molar-refractivity contribution < 1.29 is 9.90 Å². The molecular weight excluding hydrogens is 126 g/mol. The Kier molecular flexibility index (Phi) is 1.65. The molecule has 0 aliphatic carbocycles. The maximum absolute atomic E-state index is 9.98. The van der Waals surface area contributed by atoms with Crippen LogP contribution in [0.2, 0.25) is 0 Å². The third-order valence-electron chi connectivity index (χ3n) is 0.873. The van der Waals surface area contributed by atoms with E-state index in [1.165, 1.54) is 11.8 Å². The summed E-state index contributed by atoms with van der Waals surface area (Å²) >= 11 is 1.45. The lowest BCUT2D eigenvalue weighted by Gasteiger charge is -2.00. The lowest BCUT2D eigenvalue weighted by molar-refractivity contribution is -0.306. The molecule has 1 saturated heterocycles. The molecular formula is C4H5NO2S. The Morgan fingerprint density at radius 1 is 2.00 bits per heavy atom. The number of hydrogen-bond acceptors (Lipinski definition) is 4. The van der Waals surface area contributed by atoms with Gasteiger partial charge in [0.2, 0.25) is 6.04 Å². The number of carboxylic acids is 1. The van der Waals surface area contributed by atoms with Gasteiger partial charge in [0.05, 0.1) is 17.6 Å². The first kappa shape index (κ1) is 5.78. The minimum atomic E-state index is -1.05. The van der Waals surface area contributed by atoms with Gasteiger partial charge in [0.25, 0.3) is 0 Å². The van der Waals surface area contributed by atoms with Gasteiger partial charge < -0.3 is 9.90 Å². The summed E-state index contributed by atoms with van der Waals surface area (Å²) in [5, 5.41) is 12.7. The number of rotatable bonds is 1. The van der Waals surface area contributed by atoms with Crippen molar-refractivity contribution in [2.75, 3.05) is 5.88 Å². The molecule has 0 aromatic carbocycles.